The number of amides is 3. The zero-order valence-corrected chi connectivity index (χ0v) is 16.4. The Balaban J connectivity index is 1.62. The first-order valence-corrected chi connectivity index (χ1v) is 9.24. The Morgan fingerprint density at radius 1 is 1.21 bits per heavy atom. The molecule has 1 atom stereocenters. The number of hydrazine groups is 1. The number of urea groups is 1. The molecule has 0 aliphatic carbocycles. The lowest BCUT2D eigenvalue weighted by Crippen LogP contribution is -2.50. The molecule has 3 rings (SSSR count). The zero-order valence-electron chi connectivity index (χ0n) is 15.6. The summed E-state index contributed by atoms with van der Waals surface area (Å²) in [6, 6.07) is 13.7. The fraction of sp³-hybridized carbons (Fsp3) is 0.250. The number of imide groups is 1. The normalized spacial score (nSPS) is 18.8. The van der Waals surface area contributed by atoms with Crippen molar-refractivity contribution in [2.24, 2.45) is 0 Å². The van der Waals surface area contributed by atoms with Crippen molar-refractivity contribution in [2.75, 3.05) is 5.32 Å². The van der Waals surface area contributed by atoms with Gasteiger partial charge in [-0.3, -0.25) is 10.2 Å². The van der Waals surface area contributed by atoms with E-state index in [2.05, 4.69) is 16.1 Å². The van der Waals surface area contributed by atoms with Crippen LogP contribution in [-0.2, 0) is 11.2 Å². The molecule has 3 N–H and O–H groups in total. The summed E-state index contributed by atoms with van der Waals surface area (Å²) >= 11 is 5.15. The summed E-state index contributed by atoms with van der Waals surface area (Å²) in [6.07, 6.45) is 1.09. The number of thiocarbonyl (C=S) groups is 1. The molecule has 1 heterocycles. The lowest BCUT2D eigenvalue weighted by molar-refractivity contribution is -0.132. The van der Waals surface area contributed by atoms with Crippen LogP contribution in [0.15, 0.2) is 48.5 Å². The molecule has 0 bridgehead atoms. The first-order chi connectivity index (χ1) is 13.3. The molecule has 0 aromatic heterocycles. The number of benzene rings is 2. The van der Waals surface area contributed by atoms with Crippen LogP contribution < -0.4 is 16.1 Å². The largest absolute Gasteiger partial charge is 0.344 e. The lowest BCUT2D eigenvalue weighted by Gasteiger charge is -2.22. The van der Waals surface area contributed by atoms with Gasteiger partial charge in [-0.05, 0) is 62.2 Å². The van der Waals surface area contributed by atoms with Gasteiger partial charge in [0.05, 0.1) is 0 Å². The van der Waals surface area contributed by atoms with Gasteiger partial charge in [0.2, 0.25) is 0 Å². The second kappa shape index (κ2) is 7.93. The summed E-state index contributed by atoms with van der Waals surface area (Å²) in [5.74, 6) is -0.802. The Labute approximate surface area is 168 Å². The molecule has 28 heavy (non-hydrogen) atoms. The van der Waals surface area contributed by atoms with Crippen LogP contribution in [0, 0.1) is 12.7 Å². The predicted molar refractivity (Wildman–Crippen MR) is 109 cm³/mol. The number of hydrogen-bond donors (Lipinski definition) is 3. The molecule has 6 nitrogen and oxygen atoms in total. The summed E-state index contributed by atoms with van der Waals surface area (Å²) in [6.45, 7) is 3.34. The van der Waals surface area contributed by atoms with Crippen LogP contribution in [0.25, 0.3) is 0 Å². The number of hydrogen-bond acceptors (Lipinski definition) is 3. The van der Waals surface area contributed by atoms with E-state index in [4.69, 9.17) is 12.2 Å². The highest BCUT2D eigenvalue weighted by Gasteiger charge is 2.48. The minimum atomic E-state index is -1.04. The van der Waals surface area contributed by atoms with Crippen LogP contribution in [-0.4, -0.2) is 27.6 Å². The maximum absolute atomic E-state index is 13.7. The van der Waals surface area contributed by atoms with Crippen molar-refractivity contribution < 1.29 is 14.0 Å². The molecule has 2 aromatic carbocycles. The maximum atomic E-state index is 13.7. The first-order valence-electron chi connectivity index (χ1n) is 8.83. The monoisotopic (exact) mass is 400 g/mol. The van der Waals surface area contributed by atoms with E-state index in [1.54, 1.807) is 26.0 Å². The van der Waals surface area contributed by atoms with E-state index in [0.29, 0.717) is 24.1 Å². The number of anilines is 1. The van der Waals surface area contributed by atoms with E-state index < -0.39 is 17.5 Å². The van der Waals surface area contributed by atoms with E-state index in [0.717, 1.165) is 10.6 Å². The number of carbonyl (C=O) groups excluding carboxylic acids is 2. The number of nitrogens with zero attached hydrogens (tertiary/aromatic N) is 1. The Bertz CT molecular complexity index is 922. The quantitative estimate of drug-likeness (QED) is 0.531. The molecule has 0 unspecified atom stereocenters. The molecule has 1 saturated heterocycles. The van der Waals surface area contributed by atoms with Crippen LogP contribution in [0.2, 0.25) is 0 Å². The highest BCUT2D eigenvalue weighted by Crippen LogP contribution is 2.22. The minimum absolute atomic E-state index is 0.0130. The van der Waals surface area contributed by atoms with Crippen LogP contribution in [0.1, 0.15) is 24.5 Å². The molecule has 0 spiro atoms. The molecule has 8 heteroatoms. The first kappa shape index (κ1) is 19.8. The molecular weight excluding hydrogens is 379 g/mol. The molecule has 3 amide bonds. The van der Waals surface area contributed by atoms with Crippen molar-refractivity contribution in [3.05, 3.63) is 65.5 Å². The number of nitrogens with one attached hydrogen (secondary N) is 3. The fourth-order valence-corrected chi connectivity index (χ4v) is 3.13. The Hall–Kier alpha value is -3.00. The van der Waals surface area contributed by atoms with Gasteiger partial charge in [-0.25, -0.2) is 9.18 Å². The van der Waals surface area contributed by atoms with Crippen molar-refractivity contribution in [2.45, 2.75) is 32.2 Å². The Kier molecular flexibility index (Phi) is 5.60. The van der Waals surface area contributed by atoms with Crippen LogP contribution in [0.3, 0.4) is 0 Å². The van der Waals surface area contributed by atoms with Gasteiger partial charge in [-0.15, -0.1) is 0 Å². The third-order valence-corrected chi connectivity index (χ3v) is 4.85. The van der Waals surface area contributed by atoms with Crippen molar-refractivity contribution in [3.8, 4) is 0 Å². The third kappa shape index (κ3) is 4.28. The highest BCUT2D eigenvalue weighted by molar-refractivity contribution is 7.80. The molecule has 1 aliphatic heterocycles. The van der Waals surface area contributed by atoms with Gasteiger partial charge in [0.1, 0.15) is 11.4 Å². The van der Waals surface area contributed by atoms with E-state index >= 15 is 0 Å². The zero-order chi connectivity index (χ0) is 20.3. The third-order valence-electron chi connectivity index (χ3n) is 4.66. The Morgan fingerprint density at radius 2 is 1.93 bits per heavy atom. The summed E-state index contributed by atoms with van der Waals surface area (Å²) < 4.78 is 13.7. The predicted octanol–water partition coefficient (Wildman–Crippen LogP) is 3.28. The number of aryl methyl sites for hydroxylation is 2. The molecule has 1 aliphatic rings. The van der Waals surface area contributed by atoms with Gasteiger partial charge in [0, 0.05) is 5.69 Å². The van der Waals surface area contributed by atoms with Gasteiger partial charge in [-0.1, -0.05) is 36.4 Å². The standard InChI is InChI=1S/C20H21FN4O2S/c1-13-8-9-15(12-16(13)21)22-18(28)24-25-17(26)20(2,23-19(25)27)11-10-14-6-4-3-5-7-14/h3-9,12H,10-11H2,1-2H3,(H,23,27)(H2,22,24,28)/t20-/m1/s1. The molecule has 146 valence electrons. The number of carbonyl (C=O) groups is 2. The van der Waals surface area contributed by atoms with E-state index in [-0.39, 0.29) is 10.9 Å². The molecular formula is C20H21FN4O2S. The van der Waals surface area contributed by atoms with Gasteiger partial charge >= 0.3 is 6.03 Å². The lowest BCUT2D eigenvalue weighted by atomic mass is 9.93. The SMILES string of the molecule is Cc1ccc(NC(=S)NN2C(=O)N[C@](C)(CCc3ccccc3)C2=O)cc1F. The molecule has 0 radical (unpaired) electrons. The van der Waals surface area contributed by atoms with Crippen LogP contribution in [0.5, 0.6) is 0 Å². The average Bonchev–Trinajstić information content (AvgIpc) is 2.87. The topological polar surface area (TPSA) is 73.5 Å². The summed E-state index contributed by atoms with van der Waals surface area (Å²) in [4.78, 5) is 25.1. The number of halogens is 1. The average molecular weight is 400 g/mol. The smallest absolute Gasteiger partial charge is 0.331 e. The van der Waals surface area contributed by atoms with Gasteiger partial charge in [-0.2, -0.15) is 5.01 Å². The molecule has 2 aromatic rings. The minimum Gasteiger partial charge on any atom is -0.331 e. The fourth-order valence-electron chi connectivity index (χ4n) is 2.93. The van der Waals surface area contributed by atoms with E-state index in [1.165, 1.54) is 6.07 Å². The summed E-state index contributed by atoms with van der Waals surface area (Å²) in [7, 11) is 0. The van der Waals surface area contributed by atoms with Crippen molar-refractivity contribution >= 4 is 35.0 Å². The van der Waals surface area contributed by atoms with Crippen molar-refractivity contribution in [1.82, 2.24) is 15.8 Å². The van der Waals surface area contributed by atoms with Crippen LogP contribution in [0.4, 0.5) is 14.9 Å². The Morgan fingerprint density at radius 3 is 2.61 bits per heavy atom. The van der Waals surface area contributed by atoms with Crippen LogP contribution >= 0.6 is 12.2 Å². The van der Waals surface area contributed by atoms with Gasteiger partial charge < -0.3 is 10.6 Å². The number of rotatable bonds is 5. The summed E-state index contributed by atoms with van der Waals surface area (Å²) in [5, 5.41) is 6.35. The van der Waals surface area contributed by atoms with Gasteiger partial charge in [0.25, 0.3) is 5.91 Å². The maximum Gasteiger partial charge on any atom is 0.344 e. The summed E-state index contributed by atoms with van der Waals surface area (Å²) in [5.41, 5.74) is 3.55. The molecule has 0 saturated carbocycles. The highest BCUT2D eigenvalue weighted by atomic mass is 32.1. The van der Waals surface area contributed by atoms with Crippen molar-refractivity contribution in [1.29, 1.82) is 0 Å². The van der Waals surface area contributed by atoms with E-state index in [9.17, 15) is 14.0 Å². The molecule has 1 fully saturated rings. The second-order valence-corrected chi connectivity index (χ2v) is 7.33. The van der Waals surface area contributed by atoms with Crippen molar-refractivity contribution in [3.63, 3.8) is 0 Å². The van der Waals surface area contributed by atoms with E-state index in [1.807, 2.05) is 30.3 Å². The second-order valence-electron chi connectivity index (χ2n) is 6.92. The van der Waals surface area contributed by atoms with Gasteiger partial charge in [0.15, 0.2) is 5.11 Å².